The van der Waals surface area contributed by atoms with E-state index in [1.807, 2.05) is 12.1 Å². The highest BCUT2D eigenvalue weighted by atomic mass is 19.4. The summed E-state index contributed by atoms with van der Waals surface area (Å²) < 4.78 is 46.0. The lowest BCUT2D eigenvalue weighted by atomic mass is 10.1. The van der Waals surface area contributed by atoms with E-state index < -0.39 is 42.4 Å². The van der Waals surface area contributed by atoms with Crippen LogP contribution in [-0.4, -0.2) is 55.3 Å². The monoisotopic (exact) mass is 452 g/mol. The summed E-state index contributed by atoms with van der Waals surface area (Å²) in [6, 6.07) is 8.55. The number of alkyl halides is 3. The number of nitriles is 2. The van der Waals surface area contributed by atoms with E-state index in [-0.39, 0.29) is 44.6 Å². The minimum absolute atomic E-state index is 0.0400. The third kappa shape index (κ3) is 6.87. The molecule has 0 N–H and O–H groups in total. The Balaban J connectivity index is 1.97. The molecule has 1 aliphatic rings. The topological polar surface area (TPSA) is 124 Å². The van der Waals surface area contributed by atoms with Crippen LogP contribution in [0.15, 0.2) is 24.3 Å². The molecule has 12 heteroatoms. The number of rotatable bonds is 9. The Hall–Kier alpha value is -3.80. The van der Waals surface area contributed by atoms with Gasteiger partial charge in [0.15, 0.2) is 6.61 Å². The molecule has 1 atom stereocenters. The van der Waals surface area contributed by atoms with Crippen LogP contribution < -0.4 is 9.64 Å². The molecule has 1 heterocycles. The maximum absolute atomic E-state index is 12.6. The molecular weight excluding hydrogens is 433 g/mol. The predicted molar refractivity (Wildman–Crippen MR) is 102 cm³/mol. The van der Waals surface area contributed by atoms with Gasteiger partial charge in [-0.1, -0.05) is 6.07 Å². The average Bonchev–Trinajstić information content (AvgIpc) is 3.12. The van der Waals surface area contributed by atoms with Crippen molar-refractivity contribution in [2.24, 2.45) is 5.92 Å². The van der Waals surface area contributed by atoms with Gasteiger partial charge in [0, 0.05) is 31.4 Å². The SMILES string of the molecule is N#CCCN(CCC#N)C(=O)COC(=O)[C@H]1CCN(c2cccc(OC(F)(F)F)c2)C1=O. The average molecular weight is 452 g/mol. The fraction of sp³-hybridized carbons (Fsp3) is 0.450. The van der Waals surface area contributed by atoms with E-state index >= 15 is 0 Å². The summed E-state index contributed by atoms with van der Waals surface area (Å²) in [6.07, 6.45) is -4.75. The first kappa shape index (κ1) is 24.5. The summed E-state index contributed by atoms with van der Waals surface area (Å²) in [7, 11) is 0. The van der Waals surface area contributed by atoms with Crippen molar-refractivity contribution in [3.63, 3.8) is 0 Å². The molecule has 0 saturated carbocycles. The van der Waals surface area contributed by atoms with Crippen LogP contribution in [0.1, 0.15) is 19.3 Å². The molecule has 0 unspecified atom stereocenters. The highest BCUT2D eigenvalue weighted by Gasteiger charge is 2.39. The van der Waals surface area contributed by atoms with E-state index in [0.717, 1.165) is 17.0 Å². The van der Waals surface area contributed by atoms with Crippen LogP contribution in [0.2, 0.25) is 0 Å². The molecule has 32 heavy (non-hydrogen) atoms. The number of anilines is 1. The number of amides is 2. The molecular formula is C20H19F3N4O5. The van der Waals surface area contributed by atoms with Gasteiger partial charge in [-0.25, -0.2) is 0 Å². The molecule has 0 aliphatic carbocycles. The Kier molecular flexibility index (Phi) is 8.41. The van der Waals surface area contributed by atoms with Gasteiger partial charge in [-0.15, -0.1) is 13.2 Å². The Morgan fingerprint density at radius 2 is 1.84 bits per heavy atom. The van der Waals surface area contributed by atoms with Crippen LogP contribution in [0.5, 0.6) is 5.75 Å². The number of hydrogen-bond donors (Lipinski definition) is 0. The highest BCUT2D eigenvalue weighted by molar-refractivity contribution is 6.08. The molecule has 1 saturated heterocycles. The summed E-state index contributed by atoms with van der Waals surface area (Å²) in [5.41, 5.74) is 0.127. The largest absolute Gasteiger partial charge is 0.573 e. The fourth-order valence-electron chi connectivity index (χ4n) is 3.06. The second-order valence-electron chi connectivity index (χ2n) is 6.68. The van der Waals surface area contributed by atoms with Crippen LogP contribution in [0, 0.1) is 28.6 Å². The number of carbonyl (C=O) groups excluding carboxylic acids is 3. The second-order valence-corrected chi connectivity index (χ2v) is 6.68. The summed E-state index contributed by atoms with van der Waals surface area (Å²) >= 11 is 0. The first-order valence-corrected chi connectivity index (χ1v) is 9.51. The third-order valence-electron chi connectivity index (χ3n) is 4.53. The summed E-state index contributed by atoms with van der Waals surface area (Å²) in [4.78, 5) is 39.5. The van der Waals surface area contributed by atoms with Gasteiger partial charge in [0.25, 0.3) is 5.91 Å². The molecule has 1 aromatic carbocycles. The van der Waals surface area contributed by atoms with Crippen LogP contribution in [-0.2, 0) is 19.1 Å². The van der Waals surface area contributed by atoms with Gasteiger partial charge >= 0.3 is 12.3 Å². The van der Waals surface area contributed by atoms with E-state index in [0.29, 0.717) is 0 Å². The van der Waals surface area contributed by atoms with Crippen LogP contribution >= 0.6 is 0 Å². The zero-order valence-electron chi connectivity index (χ0n) is 16.8. The second kappa shape index (κ2) is 11.0. The van der Waals surface area contributed by atoms with Crippen molar-refractivity contribution in [2.45, 2.75) is 25.6 Å². The molecule has 0 radical (unpaired) electrons. The molecule has 0 aromatic heterocycles. The molecule has 1 fully saturated rings. The molecule has 1 aliphatic heterocycles. The van der Waals surface area contributed by atoms with Crippen molar-refractivity contribution in [3.8, 4) is 17.9 Å². The first-order valence-electron chi connectivity index (χ1n) is 9.51. The summed E-state index contributed by atoms with van der Waals surface area (Å²) in [5.74, 6) is -3.93. The van der Waals surface area contributed by atoms with Gasteiger partial charge in [0.1, 0.15) is 11.7 Å². The molecule has 2 rings (SSSR count). The van der Waals surface area contributed by atoms with Gasteiger partial charge in [0.05, 0.1) is 25.0 Å². The molecule has 0 bridgehead atoms. The van der Waals surface area contributed by atoms with Gasteiger partial charge in [-0.2, -0.15) is 10.5 Å². The van der Waals surface area contributed by atoms with Crippen molar-refractivity contribution >= 4 is 23.5 Å². The highest BCUT2D eigenvalue weighted by Crippen LogP contribution is 2.30. The number of nitrogens with zero attached hydrogens (tertiary/aromatic N) is 4. The lowest BCUT2D eigenvalue weighted by Crippen LogP contribution is -2.37. The minimum Gasteiger partial charge on any atom is -0.455 e. The van der Waals surface area contributed by atoms with Crippen LogP contribution in [0.4, 0.5) is 18.9 Å². The lowest BCUT2D eigenvalue weighted by molar-refractivity contribution is -0.274. The van der Waals surface area contributed by atoms with Gasteiger partial charge in [-0.3, -0.25) is 14.4 Å². The van der Waals surface area contributed by atoms with E-state index in [2.05, 4.69) is 4.74 Å². The lowest BCUT2D eigenvalue weighted by Gasteiger charge is -2.20. The zero-order valence-corrected chi connectivity index (χ0v) is 16.8. The molecule has 0 spiro atoms. The first-order chi connectivity index (χ1) is 15.2. The maximum atomic E-state index is 12.6. The Bertz CT molecular complexity index is 920. The van der Waals surface area contributed by atoms with Crippen molar-refractivity contribution in [1.82, 2.24) is 4.90 Å². The van der Waals surface area contributed by atoms with Crippen molar-refractivity contribution < 1.29 is 37.0 Å². The molecule has 1 aromatic rings. The molecule has 9 nitrogen and oxygen atoms in total. The smallest absolute Gasteiger partial charge is 0.455 e. The van der Waals surface area contributed by atoms with Crippen molar-refractivity contribution in [1.29, 1.82) is 10.5 Å². The maximum Gasteiger partial charge on any atom is 0.573 e. The number of esters is 1. The van der Waals surface area contributed by atoms with Gasteiger partial charge in [0.2, 0.25) is 5.91 Å². The van der Waals surface area contributed by atoms with Crippen molar-refractivity contribution in [3.05, 3.63) is 24.3 Å². The number of hydrogen-bond acceptors (Lipinski definition) is 7. The normalized spacial score (nSPS) is 15.6. The van der Waals surface area contributed by atoms with E-state index in [4.69, 9.17) is 15.3 Å². The molecule has 2 amide bonds. The number of halogens is 3. The van der Waals surface area contributed by atoms with E-state index in [9.17, 15) is 27.6 Å². The minimum atomic E-state index is -4.89. The fourth-order valence-corrected chi connectivity index (χ4v) is 3.06. The quantitative estimate of drug-likeness (QED) is 0.415. The standard InChI is InChI=1S/C20H19F3N4O5/c21-20(22,23)32-15-5-1-4-14(12-15)27-11-6-16(18(27)29)19(30)31-13-17(28)26(9-2-7-24)10-3-8-25/h1,4-5,12,16H,2-3,6,9-11,13H2/t16-/m0/s1. The number of benzene rings is 1. The Morgan fingerprint density at radius 3 is 2.44 bits per heavy atom. The van der Waals surface area contributed by atoms with Gasteiger partial charge < -0.3 is 19.3 Å². The van der Waals surface area contributed by atoms with Gasteiger partial charge in [-0.05, 0) is 18.6 Å². The van der Waals surface area contributed by atoms with Crippen LogP contribution in [0.25, 0.3) is 0 Å². The number of carbonyl (C=O) groups is 3. The Morgan fingerprint density at radius 1 is 1.19 bits per heavy atom. The van der Waals surface area contributed by atoms with E-state index in [1.54, 1.807) is 0 Å². The van der Waals surface area contributed by atoms with Crippen LogP contribution in [0.3, 0.4) is 0 Å². The summed E-state index contributed by atoms with van der Waals surface area (Å²) in [6.45, 7) is -0.449. The molecule has 170 valence electrons. The summed E-state index contributed by atoms with van der Waals surface area (Å²) in [5, 5.41) is 17.3. The van der Waals surface area contributed by atoms with E-state index in [1.165, 1.54) is 17.0 Å². The predicted octanol–water partition coefficient (Wildman–Crippen LogP) is 2.14. The number of ether oxygens (including phenoxy) is 2. The Labute approximate surface area is 181 Å². The zero-order chi connectivity index (χ0) is 23.7. The third-order valence-corrected chi connectivity index (χ3v) is 4.53. The van der Waals surface area contributed by atoms with Crippen molar-refractivity contribution in [2.75, 3.05) is 31.1 Å².